The maximum absolute atomic E-state index is 12.4. The lowest BCUT2D eigenvalue weighted by molar-refractivity contribution is 0.102. The fourth-order valence-corrected chi connectivity index (χ4v) is 2.99. The summed E-state index contributed by atoms with van der Waals surface area (Å²) in [6.45, 7) is 0. The smallest absolute Gasteiger partial charge is 0.255 e. The Labute approximate surface area is 170 Å². The standard InChI is InChI=1S/C21H14Cl2N2O3/c1-27-15-7-9-19-18(11-15)25-21(28-19)12-2-5-14(6-3-12)24-20(26)13-4-8-16(22)17(23)10-13/h2-11H,1H3,(H,24,26). The molecule has 0 aliphatic heterocycles. The van der Waals surface area contributed by atoms with Crippen LogP contribution in [0.25, 0.3) is 22.6 Å². The zero-order valence-corrected chi connectivity index (χ0v) is 16.2. The minimum atomic E-state index is -0.278. The van der Waals surface area contributed by atoms with Gasteiger partial charge in [-0.1, -0.05) is 23.2 Å². The molecular weight excluding hydrogens is 399 g/mol. The molecule has 140 valence electrons. The van der Waals surface area contributed by atoms with Crippen LogP contribution in [-0.4, -0.2) is 18.0 Å². The SMILES string of the molecule is COc1ccc2oc(-c3ccc(NC(=O)c4ccc(Cl)c(Cl)c4)cc3)nc2c1. The fraction of sp³-hybridized carbons (Fsp3) is 0.0476. The van der Waals surface area contributed by atoms with Gasteiger partial charge in [0.2, 0.25) is 5.89 Å². The minimum absolute atomic E-state index is 0.278. The van der Waals surface area contributed by atoms with Gasteiger partial charge in [0.15, 0.2) is 5.58 Å². The Morgan fingerprint density at radius 2 is 1.79 bits per heavy atom. The molecule has 5 nitrogen and oxygen atoms in total. The molecule has 0 spiro atoms. The summed E-state index contributed by atoms with van der Waals surface area (Å²) in [5.41, 5.74) is 3.24. The highest BCUT2D eigenvalue weighted by molar-refractivity contribution is 6.42. The number of halogens is 2. The lowest BCUT2D eigenvalue weighted by Gasteiger charge is -2.06. The fourth-order valence-electron chi connectivity index (χ4n) is 2.69. The minimum Gasteiger partial charge on any atom is -0.497 e. The summed E-state index contributed by atoms with van der Waals surface area (Å²) < 4.78 is 11.0. The lowest BCUT2D eigenvalue weighted by Crippen LogP contribution is -2.11. The van der Waals surface area contributed by atoms with Gasteiger partial charge in [0.1, 0.15) is 11.3 Å². The van der Waals surface area contributed by atoms with E-state index >= 15 is 0 Å². The number of rotatable bonds is 4. The van der Waals surface area contributed by atoms with E-state index in [1.54, 1.807) is 31.4 Å². The van der Waals surface area contributed by atoms with E-state index < -0.39 is 0 Å². The van der Waals surface area contributed by atoms with Crippen LogP contribution in [0.15, 0.2) is 65.1 Å². The van der Waals surface area contributed by atoms with Crippen LogP contribution in [0.1, 0.15) is 10.4 Å². The first-order valence-electron chi connectivity index (χ1n) is 8.35. The molecule has 0 saturated carbocycles. The number of ether oxygens (including phenoxy) is 1. The maximum atomic E-state index is 12.4. The molecule has 1 aromatic heterocycles. The van der Waals surface area contributed by atoms with E-state index in [4.69, 9.17) is 32.4 Å². The number of nitrogens with zero attached hydrogens (tertiary/aromatic N) is 1. The molecule has 4 rings (SSSR count). The van der Waals surface area contributed by atoms with Gasteiger partial charge in [-0.25, -0.2) is 4.98 Å². The Kier molecular flexibility index (Phi) is 4.94. The zero-order valence-electron chi connectivity index (χ0n) is 14.7. The number of methoxy groups -OCH3 is 1. The van der Waals surface area contributed by atoms with Crippen molar-refractivity contribution in [3.63, 3.8) is 0 Å². The van der Waals surface area contributed by atoms with Crippen molar-refractivity contribution in [1.29, 1.82) is 0 Å². The Morgan fingerprint density at radius 1 is 1.00 bits per heavy atom. The first-order valence-corrected chi connectivity index (χ1v) is 9.10. The van der Waals surface area contributed by atoms with Crippen molar-refractivity contribution < 1.29 is 13.9 Å². The van der Waals surface area contributed by atoms with Crippen molar-refractivity contribution in [3.05, 3.63) is 76.3 Å². The second-order valence-corrected chi connectivity index (χ2v) is 6.83. The second kappa shape index (κ2) is 7.54. The van der Waals surface area contributed by atoms with Crippen LogP contribution in [0, 0.1) is 0 Å². The van der Waals surface area contributed by atoms with Crippen LogP contribution in [0.3, 0.4) is 0 Å². The molecule has 0 unspecified atom stereocenters. The summed E-state index contributed by atoms with van der Waals surface area (Å²) in [5, 5.41) is 3.55. The largest absolute Gasteiger partial charge is 0.497 e. The summed E-state index contributed by atoms with van der Waals surface area (Å²) in [4.78, 5) is 16.8. The molecule has 0 bridgehead atoms. The summed E-state index contributed by atoms with van der Waals surface area (Å²) >= 11 is 11.8. The van der Waals surface area contributed by atoms with E-state index in [0.29, 0.717) is 44.0 Å². The van der Waals surface area contributed by atoms with Crippen molar-refractivity contribution >= 4 is 45.9 Å². The van der Waals surface area contributed by atoms with Crippen molar-refractivity contribution in [3.8, 4) is 17.2 Å². The predicted molar refractivity (Wildman–Crippen MR) is 110 cm³/mol. The highest BCUT2D eigenvalue weighted by Crippen LogP contribution is 2.28. The number of oxazole rings is 1. The number of amides is 1. The molecule has 0 radical (unpaired) electrons. The third-order valence-electron chi connectivity index (χ3n) is 4.17. The summed E-state index contributed by atoms with van der Waals surface area (Å²) in [5.74, 6) is 0.929. The van der Waals surface area contributed by atoms with E-state index in [1.165, 1.54) is 6.07 Å². The van der Waals surface area contributed by atoms with Crippen LogP contribution < -0.4 is 10.1 Å². The number of hydrogen-bond donors (Lipinski definition) is 1. The average Bonchev–Trinajstić information content (AvgIpc) is 3.13. The van der Waals surface area contributed by atoms with E-state index in [2.05, 4.69) is 10.3 Å². The van der Waals surface area contributed by atoms with E-state index in [1.807, 2.05) is 30.3 Å². The molecule has 0 aliphatic rings. The van der Waals surface area contributed by atoms with Crippen LogP contribution in [-0.2, 0) is 0 Å². The highest BCUT2D eigenvalue weighted by atomic mass is 35.5. The third kappa shape index (κ3) is 3.67. The number of fused-ring (bicyclic) bond motifs is 1. The van der Waals surface area contributed by atoms with Gasteiger partial charge in [-0.15, -0.1) is 0 Å². The molecule has 1 N–H and O–H groups in total. The molecule has 28 heavy (non-hydrogen) atoms. The summed E-state index contributed by atoms with van der Waals surface area (Å²) in [6.07, 6.45) is 0. The van der Waals surface area contributed by atoms with Gasteiger partial charge in [0.05, 0.1) is 17.2 Å². The third-order valence-corrected chi connectivity index (χ3v) is 4.91. The van der Waals surface area contributed by atoms with Gasteiger partial charge in [-0.2, -0.15) is 0 Å². The van der Waals surface area contributed by atoms with Crippen LogP contribution >= 0.6 is 23.2 Å². The number of hydrogen-bond acceptors (Lipinski definition) is 4. The first-order chi connectivity index (χ1) is 13.5. The topological polar surface area (TPSA) is 64.4 Å². The van der Waals surface area contributed by atoms with E-state index in [-0.39, 0.29) is 5.91 Å². The lowest BCUT2D eigenvalue weighted by atomic mass is 10.2. The molecule has 1 heterocycles. The Hall–Kier alpha value is -3.02. The number of nitrogens with one attached hydrogen (secondary N) is 1. The van der Waals surface area contributed by atoms with Gasteiger partial charge in [-0.3, -0.25) is 4.79 Å². The van der Waals surface area contributed by atoms with Crippen molar-refractivity contribution in [2.24, 2.45) is 0 Å². The normalized spacial score (nSPS) is 10.8. The van der Waals surface area contributed by atoms with Crippen LogP contribution in [0.5, 0.6) is 5.75 Å². The van der Waals surface area contributed by atoms with E-state index in [9.17, 15) is 4.79 Å². The van der Waals surface area contributed by atoms with Crippen molar-refractivity contribution in [1.82, 2.24) is 4.98 Å². The Balaban J connectivity index is 1.53. The molecule has 0 aliphatic carbocycles. The van der Waals surface area contributed by atoms with Crippen LogP contribution in [0.2, 0.25) is 10.0 Å². The molecule has 0 atom stereocenters. The highest BCUT2D eigenvalue weighted by Gasteiger charge is 2.11. The second-order valence-electron chi connectivity index (χ2n) is 6.01. The average molecular weight is 413 g/mol. The molecule has 7 heteroatoms. The zero-order chi connectivity index (χ0) is 19.7. The monoisotopic (exact) mass is 412 g/mol. The molecule has 4 aromatic rings. The number of anilines is 1. The van der Waals surface area contributed by atoms with Crippen LogP contribution in [0.4, 0.5) is 5.69 Å². The number of carbonyl (C=O) groups excluding carboxylic acids is 1. The van der Waals surface area contributed by atoms with Gasteiger partial charge >= 0.3 is 0 Å². The summed E-state index contributed by atoms with van der Waals surface area (Å²) in [7, 11) is 1.60. The molecule has 1 amide bonds. The number of carbonyl (C=O) groups is 1. The number of aromatic nitrogens is 1. The predicted octanol–water partition coefficient (Wildman–Crippen LogP) is 6.06. The molecule has 0 saturated heterocycles. The molecule has 3 aromatic carbocycles. The van der Waals surface area contributed by atoms with Gasteiger partial charge in [0.25, 0.3) is 5.91 Å². The number of benzene rings is 3. The molecule has 0 fully saturated rings. The van der Waals surface area contributed by atoms with Gasteiger partial charge in [0, 0.05) is 22.9 Å². The Bertz CT molecular complexity index is 1170. The van der Waals surface area contributed by atoms with Crippen molar-refractivity contribution in [2.45, 2.75) is 0 Å². The quantitative estimate of drug-likeness (QED) is 0.442. The van der Waals surface area contributed by atoms with Gasteiger partial charge in [-0.05, 0) is 54.6 Å². The Morgan fingerprint density at radius 3 is 2.50 bits per heavy atom. The first kappa shape index (κ1) is 18.3. The van der Waals surface area contributed by atoms with Crippen molar-refractivity contribution in [2.75, 3.05) is 12.4 Å². The maximum Gasteiger partial charge on any atom is 0.255 e. The molecular formula is C21H14Cl2N2O3. The summed E-state index contributed by atoms with van der Waals surface area (Å²) in [6, 6.07) is 17.4. The van der Waals surface area contributed by atoms with Gasteiger partial charge < -0.3 is 14.5 Å². The van der Waals surface area contributed by atoms with E-state index in [0.717, 1.165) is 5.56 Å².